The molecule has 1 fully saturated rings. The number of hydrogen-bond donors (Lipinski definition) is 2. The maximum absolute atomic E-state index is 11.5. The van der Waals surface area contributed by atoms with Gasteiger partial charge in [-0.3, -0.25) is 0 Å². The standard InChI is InChI=1S/C19H23N3O2/c1-21-9-11-22(12-10-21)16-7-8-17(19(23)24)18(13-16)20-14-15-5-3-2-4-6-15/h2-8,13,20H,9-12,14H2,1H3,(H,23,24). The minimum atomic E-state index is -0.907. The average Bonchev–Trinajstić information content (AvgIpc) is 2.61. The molecule has 5 heteroatoms. The Bertz CT molecular complexity index is 695. The molecule has 24 heavy (non-hydrogen) atoms. The molecule has 2 aromatic rings. The van der Waals surface area contributed by atoms with Crippen LogP contribution in [0.25, 0.3) is 0 Å². The first-order chi connectivity index (χ1) is 11.6. The molecule has 1 heterocycles. The highest BCUT2D eigenvalue weighted by atomic mass is 16.4. The fourth-order valence-electron chi connectivity index (χ4n) is 2.92. The number of likely N-dealkylation sites (N-methyl/N-ethyl adjacent to an activating group) is 1. The van der Waals surface area contributed by atoms with Crippen LogP contribution in [-0.2, 0) is 6.54 Å². The first-order valence-corrected chi connectivity index (χ1v) is 8.22. The first kappa shape index (κ1) is 16.3. The Morgan fingerprint density at radius 2 is 1.79 bits per heavy atom. The maximum Gasteiger partial charge on any atom is 0.337 e. The van der Waals surface area contributed by atoms with Crippen LogP contribution in [-0.4, -0.2) is 49.2 Å². The molecule has 5 nitrogen and oxygen atoms in total. The van der Waals surface area contributed by atoms with Crippen molar-refractivity contribution in [1.82, 2.24) is 4.90 Å². The Labute approximate surface area is 142 Å². The Kier molecular flexibility index (Phi) is 5.01. The van der Waals surface area contributed by atoms with Crippen molar-refractivity contribution in [3.63, 3.8) is 0 Å². The zero-order chi connectivity index (χ0) is 16.9. The van der Waals surface area contributed by atoms with Crippen molar-refractivity contribution in [2.45, 2.75) is 6.54 Å². The number of carboxylic acids is 1. The Balaban J connectivity index is 1.79. The summed E-state index contributed by atoms with van der Waals surface area (Å²) in [6, 6.07) is 15.5. The number of anilines is 2. The normalized spacial score (nSPS) is 15.3. The van der Waals surface area contributed by atoms with E-state index in [1.165, 1.54) is 0 Å². The van der Waals surface area contributed by atoms with Crippen LogP contribution in [0.1, 0.15) is 15.9 Å². The molecule has 0 amide bonds. The quantitative estimate of drug-likeness (QED) is 0.885. The molecular formula is C19H23N3O2. The van der Waals surface area contributed by atoms with Crippen molar-refractivity contribution in [3.8, 4) is 0 Å². The van der Waals surface area contributed by atoms with Crippen LogP contribution in [0.15, 0.2) is 48.5 Å². The number of nitrogens with one attached hydrogen (secondary N) is 1. The molecule has 0 radical (unpaired) electrons. The topological polar surface area (TPSA) is 55.8 Å². The van der Waals surface area contributed by atoms with E-state index in [2.05, 4.69) is 22.2 Å². The van der Waals surface area contributed by atoms with Crippen LogP contribution in [0.2, 0.25) is 0 Å². The molecule has 1 aliphatic heterocycles. The van der Waals surface area contributed by atoms with Gasteiger partial charge in [0.05, 0.1) is 11.3 Å². The summed E-state index contributed by atoms with van der Waals surface area (Å²) in [5, 5.41) is 12.7. The van der Waals surface area contributed by atoms with Gasteiger partial charge in [-0.2, -0.15) is 0 Å². The minimum absolute atomic E-state index is 0.309. The van der Waals surface area contributed by atoms with Gasteiger partial charge in [-0.15, -0.1) is 0 Å². The van der Waals surface area contributed by atoms with Gasteiger partial charge in [-0.05, 0) is 30.8 Å². The number of benzene rings is 2. The molecule has 0 atom stereocenters. The molecule has 3 rings (SSSR count). The van der Waals surface area contributed by atoms with Gasteiger partial charge in [-0.1, -0.05) is 30.3 Å². The van der Waals surface area contributed by atoms with Crippen LogP contribution in [0, 0.1) is 0 Å². The molecule has 1 saturated heterocycles. The maximum atomic E-state index is 11.5. The summed E-state index contributed by atoms with van der Waals surface area (Å²) < 4.78 is 0. The van der Waals surface area contributed by atoms with E-state index in [0.717, 1.165) is 37.4 Å². The SMILES string of the molecule is CN1CCN(c2ccc(C(=O)O)c(NCc3ccccc3)c2)CC1. The monoisotopic (exact) mass is 325 g/mol. The van der Waals surface area contributed by atoms with E-state index in [1.54, 1.807) is 6.07 Å². The van der Waals surface area contributed by atoms with E-state index in [-0.39, 0.29) is 0 Å². The lowest BCUT2D eigenvalue weighted by Crippen LogP contribution is -2.44. The molecular weight excluding hydrogens is 302 g/mol. The van der Waals surface area contributed by atoms with Crippen LogP contribution >= 0.6 is 0 Å². The molecule has 1 aliphatic rings. The zero-order valence-corrected chi connectivity index (χ0v) is 13.9. The van der Waals surface area contributed by atoms with Crippen molar-refractivity contribution >= 4 is 17.3 Å². The van der Waals surface area contributed by atoms with Crippen LogP contribution in [0.3, 0.4) is 0 Å². The van der Waals surface area contributed by atoms with Gasteiger partial charge < -0.3 is 20.2 Å². The highest BCUT2D eigenvalue weighted by molar-refractivity contribution is 5.95. The highest BCUT2D eigenvalue weighted by Crippen LogP contribution is 2.25. The van der Waals surface area contributed by atoms with Crippen LogP contribution < -0.4 is 10.2 Å². The molecule has 0 bridgehead atoms. The third kappa shape index (κ3) is 3.86. The van der Waals surface area contributed by atoms with Crippen molar-refractivity contribution in [3.05, 3.63) is 59.7 Å². The Morgan fingerprint density at radius 1 is 1.08 bits per heavy atom. The second kappa shape index (κ2) is 7.36. The minimum Gasteiger partial charge on any atom is -0.478 e. The predicted molar refractivity (Wildman–Crippen MR) is 96.9 cm³/mol. The third-order valence-corrected chi connectivity index (χ3v) is 4.43. The van der Waals surface area contributed by atoms with E-state index in [1.807, 2.05) is 42.5 Å². The van der Waals surface area contributed by atoms with Gasteiger partial charge in [0.2, 0.25) is 0 Å². The Morgan fingerprint density at radius 3 is 2.46 bits per heavy atom. The summed E-state index contributed by atoms with van der Waals surface area (Å²) in [6.45, 7) is 4.57. The summed E-state index contributed by atoms with van der Waals surface area (Å²) in [6.07, 6.45) is 0. The van der Waals surface area contributed by atoms with Crippen LogP contribution in [0.5, 0.6) is 0 Å². The first-order valence-electron chi connectivity index (χ1n) is 8.22. The lowest BCUT2D eigenvalue weighted by molar-refractivity contribution is 0.0698. The van der Waals surface area contributed by atoms with E-state index < -0.39 is 5.97 Å². The lowest BCUT2D eigenvalue weighted by atomic mass is 10.1. The van der Waals surface area contributed by atoms with Gasteiger partial charge >= 0.3 is 5.97 Å². The molecule has 2 N–H and O–H groups in total. The summed E-state index contributed by atoms with van der Waals surface area (Å²) in [5.74, 6) is -0.907. The Hall–Kier alpha value is -2.53. The summed E-state index contributed by atoms with van der Waals surface area (Å²) >= 11 is 0. The molecule has 2 aromatic carbocycles. The smallest absolute Gasteiger partial charge is 0.337 e. The van der Waals surface area contributed by atoms with Gasteiger partial charge in [0.1, 0.15) is 0 Å². The number of rotatable bonds is 5. The van der Waals surface area contributed by atoms with Crippen LogP contribution in [0.4, 0.5) is 11.4 Å². The predicted octanol–water partition coefficient (Wildman–Crippen LogP) is 2.75. The van der Waals surface area contributed by atoms with Gasteiger partial charge in [0.25, 0.3) is 0 Å². The average molecular weight is 325 g/mol. The second-order valence-corrected chi connectivity index (χ2v) is 6.16. The van der Waals surface area contributed by atoms with Crippen molar-refractivity contribution < 1.29 is 9.90 Å². The lowest BCUT2D eigenvalue weighted by Gasteiger charge is -2.34. The molecule has 0 spiro atoms. The highest BCUT2D eigenvalue weighted by Gasteiger charge is 2.17. The van der Waals surface area contributed by atoms with Gasteiger partial charge in [0.15, 0.2) is 0 Å². The molecule has 0 saturated carbocycles. The number of carbonyl (C=O) groups is 1. The number of hydrogen-bond acceptors (Lipinski definition) is 4. The number of aromatic carboxylic acids is 1. The van der Waals surface area contributed by atoms with E-state index in [9.17, 15) is 9.90 Å². The second-order valence-electron chi connectivity index (χ2n) is 6.16. The van der Waals surface area contributed by atoms with E-state index in [4.69, 9.17) is 0 Å². The summed E-state index contributed by atoms with van der Waals surface area (Å²) in [5.41, 5.74) is 3.18. The van der Waals surface area contributed by atoms with Gasteiger partial charge in [-0.25, -0.2) is 4.79 Å². The van der Waals surface area contributed by atoms with Crippen molar-refractivity contribution in [2.24, 2.45) is 0 Å². The number of piperazine rings is 1. The molecule has 0 aromatic heterocycles. The van der Waals surface area contributed by atoms with E-state index in [0.29, 0.717) is 17.8 Å². The fraction of sp³-hybridized carbons (Fsp3) is 0.316. The molecule has 0 aliphatic carbocycles. The molecule has 0 unspecified atom stereocenters. The van der Waals surface area contributed by atoms with Gasteiger partial charge in [0, 0.05) is 38.4 Å². The van der Waals surface area contributed by atoms with Crippen molar-refractivity contribution in [2.75, 3.05) is 43.4 Å². The number of carboxylic acid groups (broad SMARTS) is 1. The molecule has 126 valence electrons. The summed E-state index contributed by atoms with van der Waals surface area (Å²) in [7, 11) is 2.12. The van der Waals surface area contributed by atoms with Crippen molar-refractivity contribution in [1.29, 1.82) is 0 Å². The fourth-order valence-corrected chi connectivity index (χ4v) is 2.92. The summed E-state index contributed by atoms with van der Waals surface area (Å²) in [4.78, 5) is 16.1. The zero-order valence-electron chi connectivity index (χ0n) is 13.9. The third-order valence-electron chi connectivity index (χ3n) is 4.43. The largest absolute Gasteiger partial charge is 0.478 e. The number of nitrogens with zero attached hydrogens (tertiary/aromatic N) is 2. The van der Waals surface area contributed by atoms with E-state index >= 15 is 0 Å².